The topological polar surface area (TPSA) is 69.1 Å². The van der Waals surface area contributed by atoms with Crippen LogP contribution >= 0.6 is 24.0 Å². The lowest BCUT2D eigenvalue weighted by molar-refractivity contribution is 0.495. The Kier molecular flexibility index (Phi) is 6.21. The molecule has 4 aromatic rings. The highest BCUT2D eigenvalue weighted by atomic mass is 35.5. The predicted octanol–water partition coefficient (Wildman–Crippen LogP) is 4.25. The number of nitrogens with zero attached hydrogens (tertiary/aromatic N) is 4. The Bertz CT molecular complexity index is 1360. The van der Waals surface area contributed by atoms with Gasteiger partial charge in [0.1, 0.15) is 11.0 Å². The van der Waals surface area contributed by atoms with Crippen LogP contribution in [0, 0.1) is 6.92 Å². The second-order valence-corrected chi connectivity index (χ2v) is 8.93. The molecule has 2 aromatic carbocycles. The molecule has 0 spiro atoms. The molecule has 6 nitrogen and oxygen atoms in total. The van der Waals surface area contributed by atoms with Gasteiger partial charge >= 0.3 is 0 Å². The van der Waals surface area contributed by atoms with Crippen molar-refractivity contribution in [3.63, 3.8) is 0 Å². The normalized spacial score (nSPS) is 16.5. The van der Waals surface area contributed by atoms with Gasteiger partial charge in [-0.1, -0.05) is 41.9 Å². The summed E-state index contributed by atoms with van der Waals surface area (Å²) in [5.41, 5.74) is 10.5. The first-order chi connectivity index (χ1) is 14.9. The van der Waals surface area contributed by atoms with Crippen molar-refractivity contribution in [2.75, 3.05) is 18.0 Å². The quantitative estimate of drug-likeness (QED) is 0.484. The van der Waals surface area contributed by atoms with Gasteiger partial charge in [0, 0.05) is 36.6 Å². The number of imidazole rings is 1. The van der Waals surface area contributed by atoms with E-state index in [0.29, 0.717) is 17.1 Å². The molecule has 0 radical (unpaired) electrons. The molecule has 1 aliphatic heterocycles. The van der Waals surface area contributed by atoms with E-state index in [1.807, 2.05) is 48.9 Å². The van der Waals surface area contributed by atoms with E-state index in [-0.39, 0.29) is 24.0 Å². The van der Waals surface area contributed by atoms with E-state index in [1.165, 1.54) is 0 Å². The lowest BCUT2D eigenvalue weighted by Gasteiger charge is -2.32. The predicted molar refractivity (Wildman–Crippen MR) is 134 cm³/mol. The average Bonchev–Trinajstić information content (AvgIpc) is 3.13. The van der Waals surface area contributed by atoms with E-state index in [9.17, 15) is 4.79 Å². The molecule has 0 unspecified atom stereocenters. The van der Waals surface area contributed by atoms with Gasteiger partial charge in [-0.05, 0) is 43.0 Å². The van der Waals surface area contributed by atoms with Crippen LogP contribution in [0.3, 0.4) is 0 Å². The SMILES string of the molecule is Cc1ccc2c3nc(N4CCC[C@@H](N)C4)n(Cc4ccccc4Cl)c3c(=O)n(C)c2c1.Cl. The van der Waals surface area contributed by atoms with Crippen LogP contribution in [-0.4, -0.2) is 33.2 Å². The molecule has 32 heavy (non-hydrogen) atoms. The first-order valence-electron chi connectivity index (χ1n) is 10.7. The first-order valence-corrected chi connectivity index (χ1v) is 11.1. The van der Waals surface area contributed by atoms with E-state index in [1.54, 1.807) is 4.57 Å². The van der Waals surface area contributed by atoms with Gasteiger partial charge in [0.05, 0.1) is 12.1 Å². The van der Waals surface area contributed by atoms with Gasteiger partial charge in [-0.15, -0.1) is 12.4 Å². The molecule has 0 bridgehead atoms. The molecular formula is C24H27Cl2N5O. The van der Waals surface area contributed by atoms with E-state index >= 15 is 0 Å². The molecule has 0 aliphatic carbocycles. The molecule has 0 amide bonds. The number of aromatic nitrogens is 3. The van der Waals surface area contributed by atoms with Crippen LogP contribution in [0.25, 0.3) is 21.9 Å². The number of anilines is 1. The third-order valence-electron chi connectivity index (χ3n) is 6.25. The summed E-state index contributed by atoms with van der Waals surface area (Å²) in [6.45, 7) is 4.11. The molecule has 2 aromatic heterocycles. The molecule has 3 heterocycles. The van der Waals surface area contributed by atoms with E-state index in [4.69, 9.17) is 22.3 Å². The summed E-state index contributed by atoms with van der Waals surface area (Å²) >= 11 is 6.49. The Morgan fingerprint density at radius 1 is 1.22 bits per heavy atom. The summed E-state index contributed by atoms with van der Waals surface area (Å²) in [6.07, 6.45) is 2.01. The Labute approximate surface area is 198 Å². The molecule has 1 atom stereocenters. The molecule has 1 fully saturated rings. The summed E-state index contributed by atoms with van der Waals surface area (Å²) in [5.74, 6) is 0.787. The van der Waals surface area contributed by atoms with Crippen molar-refractivity contribution in [1.29, 1.82) is 0 Å². The second kappa shape index (κ2) is 8.77. The van der Waals surface area contributed by atoms with Gasteiger partial charge in [0.25, 0.3) is 5.56 Å². The monoisotopic (exact) mass is 471 g/mol. The van der Waals surface area contributed by atoms with Gasteiger partial charge in [-0.3, -0.25) is 4.79 Å². The third kappa shape index (κ3) is 3.76. The number of nitrogens with two attached hydrogens (primary N) is 1. The fraction of sp³-hybridized carbons (Fsp3) is 0.333. The van der Waals surface area contributed by atoms with Crippen molar-refractivity contribution < 1.29 is 0 Å². The molecule has 2 N–H and O–H groups in total. The number of aryl methyl sites for hydroxylation is 2. The van der Waals surface area contributed by atoms with Crippen LogP contribution in [0.2, 0.25) is 5.02 Å². The lowest BCUT2D eigenvalue weighted by Crippen LogP contribution is -2.44. The van der Waals surface area contributed by atoms with Crippen molar-refractivity contribution >= 4 is 51.9 Å². The number of halogens is 2. The fourth-order valence-corrected chi connectivity index (χ4v) is 4.81. The molecule has 1 saturated heterocycles. The highest BCUT2D eigenvalue weighted by Crippen LogP contribution is 2.30. The van der Waals surface area contributed by atoms with E-state index in [0.717, 1.165) is 59.4 Å². The van der Waals surface area contributed by atoms with Crippen molar-refractivity contribution in [2.45, 2.75) is 32.4 Å². The zero-order chi connectivity index (χ0) is 21.7. The summed E-state index contributed by atoms with van der Waals surface area (Å²) in [7, 11) is 1.83. The maximum Gasteiger partial charge on any atom is 0.277 e. The van der Waals surface area contributed by atoms with Gasteiger partial charge < -0.3 is 19.8 Å². The highest BCUT2D eigenvalue weighted by molar-refractivity contribution is 6.31. The van der Waals surface area contributed by atoms with Crippen LogP contribution < -0.4 is 16.2 Å². The Morgan fingerprint density at radius 3 is 2.75 bits per heavy atom. The summed E-state index contributed by atoms with van der Waals surface area (Å²) < 4.78 is 3.75. The largest absolute Gasteiger partial charge is 0.341 e. The molecule has 168 valence electrons. The number of piperidine rings is 1. The number of fused-ring (bicyclic) bond motifs is 3. The maximum absolute atomic E-state index is 13.5. The van der Waals surface area contributed by atoms with Crippen molar-refractivity contribution in [2.24, 2.45) is 12.8 Å². The van der Waals surface area contributed by atoms with Gasteiger partial charge in [0.2, 0.25) is 5.95 Å². The van der Waals surface area contributed by atoms with Crippen LogP contribution in [0.4, 0.5) is 5.95 Å². The van der Waals surface area contributed by atoms with Crippen LogP contribution in [0.5, 0.6) is 0 Å². The van der Waals surface area contributed by atoms with Gasteiger partial charge in [-0.2, -0.15) is 0 Å². The molecule has 5 rings (SSSR count). The number of hydrogen-bond acceptors (Lipinski definition) is 4. The standard InChI is InChI=1S/C24H26ClN5O.ClH/c1-15-9-10-18-20(12-15)28(2)23(31)22-21(18)27-24(29-11-5-7-17(26)14-29)30(22)13-16-6-3-4-8-19(16)25;/h3-4,6,8-10,12,17H,5,7,11,13-14,26H2,1-2H3;1H/t17-;/m1./s1. The minimum absolute atomic E-state index is 0. The average molecular weight is 472 g/mol. The number of pyridine rings is 1. The molecule has 8 heteroatoms. The summed E-state index contributed by atoms with van der Waals surface area (Å²) in [5, 5.41) is 1.65. The molecular weight excluding hydrogens is 445 g/mol. The van der Waals surface area contributed by atoms with Crippen LogP contribution in [0.15, 0.2) is 47.3 Å². The van der Waals surface area contributed by atoms with Crippen molar-refractivity contribution in [3.8, 4) is 0 Å². The highest BCUT2D eigenvalue weighted by Gasteiger charge is 2.26. The molecule has 1 aliphatic rings. The van der Waals surface area contributed by atoms with Gasteiger partial charge in [0.15, 0.2) is 0 Å². The van der Waals surface area contributed by atoms with E-state index < -0.39 is 0 Å². The summed E-state index contributed by atoms with van der Waals surface area (Å²) in [4.78, 5) is 20.8. The van der Waals surface area contributed by atoms with Crippen molar-refractivity contribution in [1.82, 2.24) is 14.1 Å². The number of benzene rings is 2. The molecule has 0 saturated carbocycles. The lowest BCUT2D eigenvalue weighted by atomic mass is 10.1. The minimum Gasteiger partial charge on any atom is -0.341 e. The first kappa shape index (κ1) is 22.6. The Hall–Kier alpha value is -2.54. The number of hydrogen-bond donors (Lipinski definition) is 1. The maximum atomic E-state index is 13.5. The minimum atomic E-state index is -0.0554. The number of rotatable bonds is 3. The fourth-order valence-electron chi connectivity index (χ4n) is 4.61. The van der Waals surface area contributed by atoms with Crippen LogP contribution in [-0.2, 0) is 13.6 Å². The Morgan fingerprint density at radius 2 is 2.00 bits per heavy atom. The van der Waals surface area contributed by atoms with E-state index in [2.05, 4.69) is 17.0 Å². The zero-order valence-electron chi connectivity index (χ0n) is 18.2. The second-order valence-electron chi connectivity index (χ2n) is 8.52. The third-order valence-corrected chi connectivity index (χ3v) is 6.62. The zero-order valence-corrected chi connectivity index (χ0v) is 19.8. The summed E-state index contributed by atoms with van der Waals surface area (Å²) in [6, 6.07) is 14.0. The Balaban J connectivity index is 0.00000245. The van der Waals surface area contributed by atoms with Gasteiger partial charge in [-0.25, -0.2) is 4.98 Å². The van der Waals surface area contributed by atoms with Crippen LogP contribution in [0.1, 0.15) is 24.0 Å². The smallest absolute Gasteiger partial charge is 0.277 e. The van der Waals surface area contributed by atoms with Crippen molar-refractivity contribution in [3.05, 3.63) is 69.0 Å².